The number of aromatic nitrogens is 1. The zero-order valence-corrected chi connectivity index (χ0v) is 11.7. The number of pyridine rings is 1. The van der Waals surface area contributed by atoms with E-state index in [0.717, 1.165) is 13.3 Å². The van der Waals surface area contributed by atoms with Gasteiger partial charge in [0.1, 0.15) is 6.67 Å². The van der Waals surface area contributed by atoms with Crippen LogP contribution in [0.3, 0.4) is 0 Å². The van der Waals surface area contributed by atoms with E-state index in [4.69, 9.17) is 0 Å². The van der Waals surface area contributed by atoms with Crippen LogP contribution in [0.5, 0.6) is 5.75 Å². The fourth-order valence-corrected chi connectivity index (χ4v) is 2.01. The number of rotatable bonds is 4. The van der Waals surface area contributed by atoms with Crippen molar-refractivity contribution in [1.82, 2.24) is 4.98 Å². The first-order valence-corrected chi connectivity index (χ1v) is 5.91. The summed E-state index contributed by atoms with van der Waals surface area (Å²) in [6.45, 7) is -1.01. The van der Waals surface area contributed by atoms with Crippen molar-refractivity contribution in [1.29, 1.82) is 0 Å². The molecule has 0 aliphatic rings. The first kappa shape index (κ1) is 15.9. The third-order valence-electron chi connectivity index (χ3n) is 2.07. The monoisotopic (exact) mass is 393 g/mol. The van der Waals surface area contributed by atoms with E-state index in [1.54, 1.807) is 22.6 Å². The Kier molecular flexibility index (Phi) is 5.32. The van der Waals surface area contributed by atoms with Crippen molar-refractivity contribution < 1.29 is 31.8 Å². The fourth-order valence-electron chi connectivity index (χ4n) is 1.25. The van der Waals surface area contributed by atoms with Crippen LogP contribution < -0.4 is 4.74 Å². The van der Waals surface area contributed by atoms with Gasteiger partial charge in [-0.1, -0.05) is 0 Å². The second-order valence-corrected chi connectivity index (χ2v) is 4.37. The summed E-state index contributed by atoms with van der Waals surface area (Å²) in [5.74, 6) is -1.29. The number of carbonyl (C=O) groups excluding carboxylic acids is 1. The normalized spacial score (nSPS) is 11.3. The maximum absolute atomic E-state index is 12.7. The SMILES string of the molecule is COC(=O)Cc1c(CF)ncc(OC(F)(F)F)c1I. The molecule has 9 heteroatoms. The van der Waals surface area contributed by atoms with E-state index < -0.39 is 24.8 Å². The predicted molar refractivity (Wildman–Crippen MR) is 64.2 cm³/mol. The summed E-state index contributed by atoms with van der Waals surface area (Å²) in [6, 6.07) is 0. The number of hydrogen-bond donors (Lipinski definition) is 0. The minimum atomic E-state index is -4.89. The van der Waals surface area contributed by atoms with Crippen molar-refractivity contribution in [3.63, 3.8) is 0 Å². The lowest BCUT2D eigenvalue weighted by atomic mass is 10.1. The third kappa shape index (κ3) is 4.48. The average Bonchev–Trinajstić information content (AvgIpc) is 2.32. The molecular formula is C10H8F4INO3. The molecule has 0 saturated heterocycles. The molecule has 0 fully saturated rings. The van der Waals surface area contributed by atoms with Gasteiger partial charge >= 0.3 is 12.3 Å². The molecule has 19 heavy (non-hydrogen) atoms. The van der Waals surface area contributed by atoms with Crippen LogP contribution in [0.1, 0.15) is 11.3 Å². The van der Waals surface area contributed by atoms with Gasteiger partial charge in [-0.05, 0) is 22.6 Å². The van der Waals surface area contributed by atoms with Crippen LogP contribution in [0.15, 0.2) is 6.20 Å². The van der Waals surface area contributed by atoms with Crippen LogP contribution in [0.4, 0.5) is 17.6 Å². The zero-order valence-electron chi connectivity index (χ0n) is 9.55. The number of alkyl halides is 4. The average molecular weight is 393 g/mol. The minimum Gasteiger partial charge on any atom is -0.469 e. The van der Waals surface area contributed by atoms with E-state index in [1.807, 2.05) is 0 Å². The molecule has 4 nitrogen and oxygen atoms in total. The lowest BCUT2D eigenvalue weighted by molar-refractivity contribution is -0.275. The molecule has 1 heterocycles. The highest BCUT2D eigenvalue weighted by Gasteiger charge is 2.33. The molecule has 106 valence electrons. The Morgan fingerprint density at radius 2 is 2.11 bits per heavy atom. The van der Waals surface area contributed by atoms with Crippen LogP contribution in [0.2, 0.25) is 0 Å². The second-order valence-electron chi connectivity index (χ2n) is 3.30. The van der Waals surface area contributed by atoms with Crippen LogP contribution in [-0.2, 0) is 22.6 Å². The van der Waals surface area contributed by atoms with Crippen LogP contribution in [0.25, 0.3) is 0 Å². The largest absolute Gasteiger partial charge is 0.573 e. The highest BCUT2D eigenvalue weighted by molar-refractivity contribution is 14.1. The summed E-state index contributed by atoms with van der Waals surface area (Å²) in [6.07, 6.45) is -4.50. The molecule has 0 radical (unpaired) electrons. The highest BCUT2D eigenvalue weighted by atomic mass is 127. The van der Waals surface area contributed by atoms with E-state index in [2.05, 4.69) is 14.5 Å². The lowest BCUT2D eigenvalue weighted by Crippen LogP contribution is -2.19. The summed E-state index contributed by atoms with van der Waals surface area (Å²) in [4.78, 5) is 14.7. The Hall–Kier alpha value is -1.13. The number of hydrogen-bond acceptors (Lipinski definition) is 4. The Morgan fingerprint density at radius 3 is 2.58 bits per heavy atom. The standard InChI is InChI=1S/C10H8F4INO3/c1-18-8(17)2-5-6(3-11)16-4-7(9(5)15)19-10(12,13)14/h4H,2-3H2,1H3. The van der Waals surface area contributed by atoms with Gasteiger partial charge < -0.3 is 9.47 Å². The van der Waals surface area contributed by atoms with E-state index in [0.29, 0.717) is 0 Å². The summed E-state index contributed by atoms with van der Waals surface area (Å²) < 4.78 is 57.3. The Labute approximate surface area is 119 Å². The predicted octanol–water partition coefficient (Wildman–Crippen LogP) is 2.77. The molecule has 1 aromatic rings. The number of halogens is 5. The van der Waals surface area contributed by atoms with Gasteiger partial charge in [0.15, 0.2) is 5.75 Å². The minimum absolute atomic E-state index is 0.0247. The van der Waals surface area contributed by atoms with Crippen LogP contribution in [0, 0.1) is 3.57 Å². The molecule has 0 N–H and O–H groups in total. The van der Waals surface area contributed by atoms with Crippen molar-refractivity contribution in [3.05, 3.63) is 21.0 Å². The van der Waals surface area contributed by atoms with Gasteiger partial charge in [0.25, 0.3) is 0 Å². The number of carbonyl (C=O) groups is 1. The first-order chi connectivity index (χ1) is 8.78. The molecule has 0 atom stereocenters. The van der Waals surface area contributed by atoms with Gasteiger partial charge in [-0.3, -0.25) is 9.78 Å². The zero-order chi connectivity index (χ0) is 14.6. The molecule has 0 unspecified atom stereocenters. The molecule has 0 aromatic carbocycles. The number of methoxy groups -OCH3 is 1. The summed E-state index contributed by atoms with van der Waals surface area (Å²) in [7, 11) is 1.12. The molecule has 0 aliphatic heterocycles. The smallest absolute Gasteiger partial charge is 0.469 e. The molecule has 1 aromatic heterocycles. The third-order valence-corrected chi connectivity index (χ3v) is 3.25. The Bertz CT molecular complexity index is 479. The van der Waals surface area contributed by atoms with E-state index >= 15 is 0 Å². The molecular weight excluding hydrogens is 385 g/mol. The van der Waals surface area contributed by atoms with Crippen LogP contribution in [-0.4, -0.2) is 24.4 Å². The molecule has 0 amide bonds. The number of nitrogens with zero attached hydrogens (tertiary/aromatic N) is 1. The highest BCUT2D eigenvalue weighted by Crippen LogP contribution is 2.31. The van der Waals surface area contributed by atoms with Crippen molar-refractivity contribution in [2.45, 2.75) is 19.5 Å². The van der Waals surface area contributed by atoms with E-state index in [1.165, 1.54) is 0 Å². The maximum atomic E-state index is 12.7. The van der Waals surface area contributed by atoms with Gasteiger partial charge in [-0.15, -0.1) is 13.2 Å². The molecule has 0 aliphatic carbocycles. The van der Waals surface area contributed by atoms with Gasteiger partial charge in [0, 0.05) is 5.56 Å². The van der Waals surface area contributed by atoms with Crippen molar-refractivity contribution in [2.75, 3.05) is 7.11 Å². The number of ether oxygens (including phenoxy) is 2. The fraction of sp³-hybridized carbons (Fsp3) is 0.400. The van der Waals surface area contributed by atoms with Crippen molar-refractivity contribution in [3.8, 4) is 5.75 Å². The summed E-state index contributed by atoms with van der Waals surface area (Å²) in [5, 5.41) is 0. The number of esters is 1. The Balaban J connectivity index is 3.18. The quantitative estimate of drug-likeness (QED) is 0.449. The van der Waals surface area contributed by atoms with Gasteiger partial charge in [-0.25, -0.2) is 4.39 Å². The first-order valence-electron chi connectivity index (χ1n) is 4.83. The Morgan fingerprint density at radius 1 is 1.47 bits per heavy atom. The molecule has 0 bridgehead atoms. The van der Waals surface area contributed by atoms with Gasteiger partial charge in [0.2, 0.25) is 0 Å². The van der Waals surface area contributed by atoms with Gasteiger partial charge in [0.05, 0.1) is 29.0 Å². The van der Waals surface area contributed by atoms with E-state index in [-0.39, 0.29) is 21.2 Å². The summed E-state index contributed by atoms with van der Waals surface area (Å²) >= 11 is 1.54. The molecule has 0 spiro atoms. The lowest BCUT2D eigenvalue weighted by Gasteiger charge is -2.14. The topological polar surface area (TPSA) is 48.4 Å². The van der Waals surface area contributed by atoms with Crippen molar-refractivity contribution >= 4 is 28.6 Å². The van der Waals surface area contributed by atoms with E-state index in [9.17, 15) is 22.4 Å². The maximum Gasteiger partial charge on any atom is 0.573 e. The van der Waals surface area contributed by atoms with Crippen LogP contribution >= 0.6 is 22.6 Å². The van der Waals surface area contributed by atoms with Crippen molar-refractivity contribution in [2.24, 2.45) is 0 Å². The van der Waals surface area contributed by atoms with Gasteiger partial charge in [-0.2, -0.15) is 0 Å². The summed E-state index contributed by atoms with van der Waals surface area (Å²) in [5.41, 5.74) is -0.0963. The second kappa shape index (κ2) is 6.35. The molecule has 1 rings (SSSR count). The molecule has 0 saturated carbocycles.